The van der Waals surface area contributed by atoms with Crippen LogP contribution in [0.25, 0.3) is 11.3 Å². The zero-order valence-electron chi connectivity index (χ0n) is 15.6. The van der Waals surface area contributed by atoms with Crippen LogP contribution in [-0.2, 0) is 4.74 Å². The maximum Gasteiger partial charge on any atom is 0.259 e. The van der Waals surface area contributed by atoms with Crippen LogP contribution < -0.4 is 5.73 Å². The first-order chi connectivity index (χ1) is 13.0. The lowest BCUT2D eigenvalue weighted by atomic mass is 10.0. The third-order valence-electron chi connectivity index (χ3n) is 4.71. The summed E-state index contributed by atoms with van der Waals surface area (Å²) in [5.41, 5.74) is 5.95. The van der Waals surface area contributed by atoms with Crippen LogP contribution >= 0.6 is 24.0 Å². The van der Waals surface area contributed by atoms with Gasteiger partial charge in [-0.05, 0) is 44.9 Å². The van der Waals surface area contributed by atoms with Crippen LogP contribution in [0.1, 0.15) is 35.4 Å². The molecule has 0 aliphatic carbocycles. The van der Waals surface area contributed by atoms with Crippen molar-refractivity contribution in [3.05, 3.63) is 40.4 Å². The molecule has 0 spiro atoms. The fourth-order valence-electron chi connectivity index (χ4n) is 3.24. The van der Waals surface area contributed by atoms with Crippen LogP contribution in [0.3, 0.4) is 0 Å². The molecular weight excluding hydrogens is 408 g/mol. The number of likely N-dealkylation sites (tertiary alicyclic amines) is 1. The van der Waals surface area contributed by atoms with Gasteiger partial charge in [-0.2, -0.15) is 0 Å². The molecule has 0 saturated carbocycles. The van der Waals surface area contributed by atoms with Gasteiger partial charge in [-0.15, -0.1) is 12.4 Å². The van der Waals surface area contributed by atoms with Gasteiger partial charge in [0.15, 0.2) is 0 Å². The van der Waals surface area contributed by atoms with Gasteiger partial charge in [0.25, 0.3) is 5.91 Å². The quantitative estimate of drug-likeness (QED) is 0.702. The normalized spacial score (nSPS) is 14.8. The molecule has 2 heterocycles. The van der Waals surface area contributed by atoms with Gasteiger partial charge in [0, 0.05) is 19.7 Å². The standard InChI is InChI=1S/C19H23ClFN3O3.ClH/c1-12-16(18(23-27-12)17-14(20)4-2-5-15(17)21)19(25)24-9-6-13(7-10-24)26-11-3-8-22;/h2,4-5,13H,3,6-11,22H2,1H3;1H. The van der Waals surface area contributed by atoms with Crippen molar-refractivity contribution in [3.63, 3.8) is 0 Å². The molecule has 0 bridgehead atoms. The number of aromatic nitrogens is 1. The summed E-state index contributed by atoms with van der Waals surface area (Å²) in [6.45, 7) is 3.99. The average Bonchev–Trinajstić information content (AvgIpc) is 3.03. The number of carbonyl (C=O) groups is 1. The van der Waals surface area contributed by atoms with Crippen molar-refractivity contribution in [1.82, 2.24) is 10.1 Å². The Morgan fingerprint density at radius 3 is 2.79 bits per heavy atom. The van der Waals surface area contributed by atoms with E-state index < -0.39 is 5.82 Å². The van der Waals surface area contributed by atoms with E-state index in [1.807, 2.05) is 0 Å². The van der Waals surface area contributed by atoms with E-state index in [1.165, 1.54) is 12.1 Å². The molecule has 1 saturated heterocycles. The minimum Gasteiger partial charge on any atom is -0.378 e. The highest BCUT2D eigenvalue weighted by molar-refractivity contribution is 6.33. The van der Waals surface area contributed by atoms with Gasteiger partial charge in [-0.3, -0.25) is 4.79 Å². The zero-order chi connectivity index (χ0) is 19.4. The van der Waals surface area contributed by atoms with Crippen LogP contribution in [0.2, 0.25) is 5.02 Å². The molecule has 1 aromatic heterocycles. The molecule has 1 aliphatic heterocycles. The largest absolute Gasteiger partial charge is 0.378 e. The van der Waals surface area contributed by atoms with Crippen LogP contribution in [-0.4, -0.2) is 48.3 Å². The number of halogens is 3. The predicted molar refractivity (Wildman–Crippen MR) is 107 cm³/mol. The smallest absolute Gasteiger partial charge is 0.259 e. The Labute approximate surface area is 174 Å². The number of rotatable bonds is 6. The molecule has 2 aromatic rings. The lowest BCUT2D eigenvalue weighted by Gasteiger charge is -2.32. The fourth-order valence-corrected chi connectivity index (χ4v) is 3.49. The number of amides is 1. The molecular formula is C19H24Cl2FN3O3. The summed E-state index contributed by atoms with van der Waals surface area (Å²) in [5, 5.41) is 4.09. The molecule has 2 N–H and O–H groups in total. The number of carbonyl (C=O) groups excluding carboxylic acids is 1. The molecule has 154 valence electrons. The Morgan fingerprint density at radius 2 is 2.14 bits per heavy atom. The third-order valence-corrected chi connectivity index (χ3v) is 5.02. The van der Waals surface area contributed by atoms with Crippen LogP contribution in [0.4, 0.5) is 4.39 Å². The van der Waals surface area contributed by atoms with Gasteiger partial charge < -0.3 is 19.9 Å². The molecule has 1 fully saturated rings. The minimum absolute atomic E-state index is 0. The van der Waals surface area contributed by atoms with Crippen LogP contribution in [0, 0.1) is 12.7 Å². The van der Waals surface area contributed by atoms with E-state index in [1.54, 1.807) is 17.9 Å². The van der Waals surface area contributed by atoms with Crippen molar-refractivity contribution >= 4 is 29.9 Å². The fraction of sp³-hybridized carbons (Fsp3) is 0.474. The van der Waals surface area contributed by atoms with E-state index >= 15 is 0 Å². The number of nitrogens with zero attached hydrogens (tertiary/aromatic N) is 2. The molecule has 0 atom stereocenters. The number of ether oxygens (including phenoxy) is 1. The van der Waals surface area contributed by atoms with Crippen LogP contribution in [0.15, 0.2) is 22.7 Å². The van der Waals surface area contributed by atoms with E-state index in [2.05, 4.69) is 5.16 Å². The SMILES string of the molecule is Cc1onc(-c2c(F)cccc2Cl)c1C(=O)N1CCC(OCCCN)CC1.Cl. The Morgan fingerprint density at radius 1 is 1.43 bits per heavy atom. The number of benzene rings is 1. The topological polar surface area (TPSA) is 81.6 Å². The first kappa shape index (κ1) is 22.6. The van der Waals surface area contributed by atoms with Gasteiger partial charge in [0.2, 0.25) is 0 Å². The van der Waals surface area contributed by atoms with Gasteiger partial charge in [-0.25, -0.2) is 4.39 Å². The summed E-state index contributed by atoms with van der Waals surface area (Å²) >= 11 is 6.14. The molecule has 1 aromatic carbocycles. The Bertz CT molecular complexity index is 787. The van der Waals surface area contributed by atoms with Gasteiger partial charge in [0.1, 0.15) is 22.8 Å². The molecule has 6 nitrogen and oxygen atoms in total. The van der Waals surface area contributed by atoms with Crippen molar-refractivity contribution in [2.45, 2.75) is 32.3 Å². The Hall–Kier alpha value is -1.67. The van der Waals surface area contributed by atoms with E-state index in [9.17, 15) is 9.18 Å². The Kier molecular flexibility index (Phi) is 8.24. The van der Waals surface area contributed by atoms with Gasteiger partial charge in [-0.1, -0.05) is 22.8 Å². The number of nitrogens with two attached hydrogens (primary N) is 1. The van der Waals surface area contributed by atoms with Crippen molar-refractivity contribution in [1.29, 1.82) is 0 Å². The summed E-state index contributed by atoms with van der Waals surface area (Å²) in [6.07, 6.45) is 2.45. The number of hydrogen-bond acceptors (Lipinski definition) is 5. The van der Waals surface area contributed by atoms with Gasteiger partial charge in [0.05, 0.1) is 16.7 Å². The highest BCUT2D eigenvalue weighted by Gasteiger charge is 2.31. The number of aryl methyl sites for hydroxylation is 1. The minimum atomic E-state index is -0.545. The summed E-state index contributed by atoms with van der Waals surface area (Å²) in [5.74, 6) is -0.434. The second-order valence-corrected chi connectivity index (χ2v) is 6.97. The maximum absolute atomic E-state index is 14.3. The molecule has 1 amide bonds. The van der Waals surface area contributed by atoms with Gasteiger partial charge >= 0.3 is 0 Å². The monoisotopic (exact) mass is 431 g/mol. The molecule has 0 radical (unpaired) electrons. The highest BCUT2D eigenvalue weighted by Crippen LogP contribution is 2.34. The first-order valence-corrected chi connectivity index (χ1v) is 9.42. The van der Waals surface area contributed by atoms with Crippen molar-refractivity contribution in [2.24, 2.45) is 5.73 Å². The highest BCUT2D eigenvalue weighted by atomic mass is 35.5. The van der Waals surface area contributed by atoms with E-state index in [4.69, 9.17) is 26.6 Å². The van der Waals surface area contributed by atoms with Crippen molar-refractivity contribution in [2.75, 3.05) is 26.2 Å². The lowest BCUT2D eigenvalue weighted by molar-refractivity contribution is 0.00843. The second kappa shape index (κ2) is 10.2. The van der Waals surface area contributed by atoms with E-state index in [0.29, 0.717) is 32.0 Å². The molecule has 0 unspecified atom stereocenters. The van der Waals surface area contributed by atoms with Crippen molar-refractivity contribution < 1.29 is 18.4 Å². The number of hydrogen-bond donors (Lipinski definition) is 1. The van der Waals surface area contributed by atoms with E-state index in [-0.39, 0.29) is 46.3 Å². The Balaban J connectivity index is 0.00000280. The molecule has 3 rings (SSSR count). The molecule has 28 heavy (non-hydrogen) atoms. The lowest BCUT2D eigenvalue weighted by Crippen LogP contribution is -2.41. The summed E-state index contributed by atoms with van der Waals surface area (Å²) in [6, 6.07) is 4.34. The predicted octanol–water partition coefficient (Wildman–Crippen LogP) is 3.83. The summed E-state index contributed by atoms with van der Waals surface area (Å²) in [7, 11) is 0. The third kappa shape index (κ3) is 4.84. The summed E-state index contributed by atoms with van der Waals surface area (Å²) in [4.78, 5) is 14.8. The summed E-state index contributed by atoms with van der Waals surface area (Å²) < 4.78 is 25.3. The van der Waals surface area contributed by atoms with Crippen molar-refractivity contribution in [3.8, 4) is 11.3 Å². The molecule has 1 aliphatic rings. The first-order valence-electron chi connectivity index (χ1n) is 9.04. The second-order valence-electron chi connectivity index (χ2n) is 6.56. The average molecular weight is 432 g/mol. The maximum atomic E-state index is 14.3. The molecule has 9 heteroatoms. The zero-order valence-corrected chi connectivity index (χ0v) is 17.2. The van der Waals surface area contributed by atoms with E-state index in [0.717, 1.165) is 19.3 Å². The van der Waals surface area contributed by atoms with Crippen LogP contribution in [0.5, 0.6) is 0 Å². The number of piperidine rings is 1.